The maximum absolute atomic E-state index is 15.4. The van der Waals surface area contributed by atoms with E-state index < -0.39 is 75.9 Å². The number of fused-ring (bicyclic) bond motifs is 4. The second-order valence-corrected chi connectivity index (χ2v) is 15.2. The van der Waals surface area contributed by atoms with Gasteiger partial charge in [0.15, 0.2) is 0 Å². The summed E-state index contributed by atoms with van der Waals surface area (Å²) in [5.41, 5.74) is 2.22. The topological polar surface area (TPSA) is 174 Å². The maximum Gasteiger partial charge on any atom is 0.339 e. The molecule has 2 aliphatic carbocycles. The zero-order chi connectivity index (χ0) is 39.1. The molecule has 4 aromatic carbocycles. The number of rotatable bonds is 7. The number of phenolic OH excluding ortho intramolecular Hbond substituents is 1. The number of ether oxygens (including phenoxy) is 1. The average Bonchev–Trinajstić information content (AvgIpc) is 3.54. The van der Waals surface area contributed by atoms with Crippen LogP contribution in [-0.2, 0) is 24.6 Å². The van der Waals surface area contributed by atoms with Gasteiger partial charge in [0.25, 0.3) is 11.8 Å². The van der Waals surface area contributed by atoms with Gasteiger partial charge in [-0.3, -0.25) is 24.6 Å². The van der Waals surface area contributed by atoms with Gasteiger partial charge < -0.3 is 20.1 Å². The standard InChI is InChI=1S/C40H30Cl3N3O9/c1-55-22-7-2-18(3-8-22)40-28(36(50)46(39(40)54)44-30-12-4-20(42)15-29(30)43)17-26-23(34(40)27-14-19(41)5-13-31(27)47)10-11-25-33(26)37(51)45(35(25)49)21-6-9-24(38(52)53)32(48)16-21/h2-10,12-16,25-26,28,33-34,44,47-48H,11,17H2,1H3,(H,52,53)/t25-,26+,28-,33-,34+,40+/m0/s1. The van der Waals surface area contributed by atoms with Crippen molar-refractivity contribution < 1.29 is 44.0 Å². The highest BCUT2D eigenvalue weighted by atomic mass is 35.5. The van der Waals surface area contributed by atoms with Crippen LogP contribution in [-0.4, -0.2) is 57.0 Å². The summed E-state index contributed by atoms with van der Waals surface area (Å²) < 4.78 is 5.42. The van der Waals surface area contributed by atoms with E-state index in [4.69, 9.17) is 39.5 Å². The summed E-state index contributed by atoms with van der Waals surface area (Å²) in [4.78, 5) is 71.3. The van der Waals surface area contributed by atoms with Gasteiger partial charge in [-0.1, -0.05) is 58.6 Å². The minimum absolute atomic E-state index is 0.0109. The molecule has 0 spiro atoms. The molecule has 2 saturated heterocycles. The molecule has 280 valence electrons. The summed E-state index contributed by atoms with van der Waals surface area (Å²) in [6, 6.07) is 19.1. The molecular formula is C40H30Cl3N3O9. The van der Waals surface area contributed by atoms with E-state index in [1.165, 1.54) is 43.5 Å². The Morgan fingerprint density at radius 1 is 0.836 bits per heavy atom. The number of carboxylic acids is 1. The van der Waals surface area contributed by atoms with Crippen LogP contribution in [0.15, 0.2) is 90.5 Å². The number of benzene rings is 4. The first kappa shape index (κ1) is 36.4. The number of methoxy groups -OCH3 is 1. The largest absolute Gasteiger partial charge is 0.508 e. The van der Waals surface area contributed by atoms with Crippen molar-refractivity contribution in [3.05, 3.63) is 122 Å². The van der Waals surface area contributed by atoms with Gasteiger partial charge in [-0.2, -0.15) is 5.01 Å². The molecule has 8 rings (SSSR count). The van der Waals surface area contributed by atoms with E-state index in [9.17, 15) is 34.5 Å². The normalized spacial score (nSPS) is 25.7. The van der Waals surface area contributed by atoms with Crippen molar-refractivity contribution in [3.8, 4) is 17.2 Å². The predicted octanol–water partition coefficient (Wildman–Crippen LogP) is 6.95. The zero-order valence-electron chi connectivity index (χ0n) is 28.7. The zero-order valence-corrected chi connectivity index (χ0v) is 31.0. The van der Waals surface area contributed by atoms with Crippen LogP contribution in [0.5, 0.6) is 17.2 Å². The van der Waals surface area contributed by atoms with Crippen LogP contribution in [0, 0.1) is 23.7 Å². The second kappa shape index (κ2) is 13.3. The molecule has 4 aliphatic rings. The minimum Gasteiger partial charge on any atom is -0.508 e. The third-order valence-electron chi connectivity index (χ3n) is 11.4. The highest BCUT2D eigenvalue weighted by Crippen LogP contribution is 2.65. The maximum atomic E-state index is 15.4. The van der Waals surface area contributed by atoms with Crippen LogP contribution >= 0.6 is 34.8 Å². The van der Waals surface area contributed by atoms with E-state index in [1.54, 1.807) is 30.3 Å². The van der Waals surface area contributed by atoms with E-state index in [0.717, 1.165) is 22.0 Å². The fraction of sp³-hybridized carbons (Fsp3) is 0.225. The molecule has 2 aliphatic heterocycles. The lowest BCUT2D eigenvalue weighted by molar-refractivity contribution is -0.138. The number of hydrogen-bond donors (Lipinski definition) is 4. The number of amides is 4. The molecule has 3 fully saturated rings. The van der Waals surface area contributed by atoms with Gasteiger partial charge in [-0.15, -0.1) is 0 Å². The number of hydrogen-bond acceptors (Lipinski definition) is 9. The molecule has 4 N–H and O–H groups in total. The van der Waals surface area contributed by atoms with Gasteiger partial charge in [-0.25, -0.2) is 9.69 Å². The number of anilines is 2. The number of aromatic carboxylic acids is 1. The van der Waals surface area contributed by atoms with E-state index in [1.807, 2.05) is 6.08 Å². The van der Waals surface area contributed by atoms with Crippen molar-refractivity contribution in [2.24, 2.45) is 23.7 Å². The summed E-state index contributed by atoms with van der Waals surface area (Å²) >= 11 is 19.2. The Balaban J connectivity index is 1.32. The lowest BCUT2D eigenvalue weighted by Gasteiger charge is -2.50. The molecule has 4 amide bonds. The van der Waals surface area contributed by atoms with Gasteiger partial charge in [0.2, 0.25) is 11.8 Å². The molecular weight excluding hydrogens is 773 g/mol. The van der Waals surface area contributed by atoms with E-state index in [0.29, 0.717) is 21.9 Å². The Kier molecular flexibility index (Phi) is 8.83. The Morgan fingerprint density at radius 2 is 1.55 bits per heavy atom. The van der Waals surface area contributed by atoms with Gasteiger partial charge in [0.05, 0.1) is 46.7 Å². The third kappa shape index (κ3) is 5.45. The number of carboxylic acid groups (broad SMARTS) is 1. The van der Waals surface area contributed by atoms with Gasteiger partial charge in [-0.05, 0) is 85.0 Å². The summed E-state index contributed by atoms with van der Waals surface area (Å²) in [7, 11) is 1.49. The predicted molar refractivity (Wildman–Crippen MR) is 201 cm³/mol. The van der Waals surface area contributed by atoms with E-state index in [-0.39, 0.29) is 45.6 Å². The number of nitrogens with one attached hydrogen (secondary N) is 1. The molecule has 0 unspecified atom stereocenters. The van der Waals surface area contributed by atoms with Crippen LogP contribution in [0.1, 0.15) is 40.2 Å². The molecule has 0 bridgehead atoms. The highest BCUT2D eigenvalue weighted by Gasteiger charge is 2.70. The number of phenols is 2. The molecule has 2 heterocycles. The van der Waals surface area contributed by atoms with Crippen LogP contribution in [0.2, 0.25) is 15.1 Å². The quantitative estimate of drug-likeness (QED) is 0.113. The van der Waals surface area contributed by atoms with Crippen molar-refractivity contribution in [1.82, 2.24) is 5.01 Å². The number of carbonyl (C=O) groups excluding carboxylic acids is 4. The molecule has 1 saturated carbocycles. The third-order valence-corrected chi connectivity index (χ3v) is 12.1. The van der Waals surface area contributed by atoms with Crippen LogP contribution in [0.25, 0.3) is 0 Å². The first-order valence-corrected chi connectivity index (χ1v) is 18.3. The number of allylic oxidation sites excluding steroid dienone is 2. The SMILES string of the molecule is COc1ccc([C@@]23C(=O)N(Nc4ccc(Cl)cc4Cl)C(=O)[C@@H]2C[C@@H]2C(=CC[C@@H]4C(=O)N(c5ccc(C(=O)O)c(O)c5)C(=O)[C@@H]42)[C@@H]3c2cc(Cl)ccc2O)cc1. The number of imide groups is 2. The number of nitrogens with zero attached hydrogens (tertiary/aromatic N) is 2. The van der Waals surface area contributed by atoms with Crippen molar-refractivity contribution >= 4 is 75.8 Å². The number of carbonyl (C=O) groups is 5. The van der Waals surface area contributed by atoms with Gasteiger partial charge in [0, 0.05) is 27.6 Å². The lowest BCUT2D eigenvalue weighted by Crippen LogP contribution is -2.53. The Labute approximate surface area is 328 Å². The number of halogens is 3. The van der Waals surface area contributed by atoms with Crippen LogP contribution in [0.4, 0.5) is 11.4 Å². The molecule has 55 heavy (non-hydrogen) atoms. The number of hydrazine groups is 1. The second-order valence-electron chi connectivity index (χ2n) is 13.9. The van der Waals surface area contributed by atoms with Crippen molar-refractivity contribution in [2.75, 3.05) is 17.4 Å². The van der Waals surface area contributed by atoms with Crippen LogP contribution in [0.3, 0.4) is 0 Å². The van der Waals surface area contributed by atoms with E-state index >= 15 is 4.79 Å². The fourth-order valence-corrected chi connectivity index (χ4v) is 9.67. The van der Waals surface area contributed by atoms with Crippen molar-refractivity contribution in [2.45, 2.75) is 24.2 Å². The van der Waals surface area contributed by atoms with Crippen molar-refractivity contribution in [1.29, 1.82) is 0 Å². The first-order valence-electron chi connectivity index (χ1n) is 17.1. The lowest BCUT2D eigenvalue weighted by atomic mass is 9.49. The summed E-state index contributed by atoms with van der Waals surface area (Å²) in [6.45, 7) is 0. The summed E-state index contributed by atoms with van der Waals surface area (Å²) in [5.74, 6) is -9.11. The Hall–Kier alpha value is -5.56. The first-order chi connectivity index (χ1) is 26.3. The number of aromatic hydroxyl groups is 2. The van der Waals surface area contributed by atoms with E-state index in [2.05, 4.69) is 5.43 Å². The molecule has 6 atom stereocenters. The highest BCUT2D eigenvalue weighted by molar-refractivity contribution is 6.36. The average molecular weight is 803 g/mol. The molecule has 0 radical (unpaired) electrons. The monoisotopic (exact) mass is 801 g/mol. The summed E-state index contributed by atoms with van der Waals surface area (Å²) in [6.07, 6.45) is 1.83. The molecule has 4 aromatic rings. The van der Waals surface area contributed by atoms with Gasteiger partial charge >= 0.3 is 5.97 Å². The Morgan fingerprint density at radius 3 is 2.22 bits per heavy atom. The smallest absolute Gasteiger partial charge is 0.339 e. The molecule has 0 aromatic heterocycles. The fourth-order valence-electron chi connectivity index (χ4n) is 9.04. The van der Waals surface area contributed by atoms with Crippen molar-refractivity contribution in [3.63, 3.8) is 0 Å². The molecule has 12 nitrogen and oxygen atoms in total. The molecule has 15 heteroatoms. The summed E-state index contributed by atoms with van der Waals surface area (Å²) in [5, 5.41) is 33.1. The minimum atomic E-state index is -1.73. The van der Waals surface area contributed by atoms with Crippen LogP contribution < -0.4 is 15.1 Å². The van der Waals surface area contributed by atoms with Gasteiger partial charge in [0.1, 0.15) is 22.8 Å². The Bertz CT molecular complexity index is 2380.